The first kappa shape index (κ1) is 19.6. The average molecular weight is 394 g/mol. The Morgan fingerprint density at radius 3 is 2.57 bits per heavy atom. The van der Waals surface area contributed by atoms with Crippen molar-refractivity contribution < 1.29 is 14.3 Å². The van der Waals surface area contributed by atoms with Crippen molar-refractivity contribution in [3.8, 4) is 5.75 Å². The smallest absolute Gasteiger partial charge is 0.265 e. The number of benzene rings is 2. The summed E-state index contributed by atoms with van der Waals surface area (Å²) in [5, 5.41) is 7.66. The van der Waals surface area contributed by atoms with E-state index in [2.05, 4.69) is 10.6 Å². The Hall–Kier alpha value is -3.12. The second kappa shape index (κ2) is 8.71. The molecule has 1 atom stereocenters. The normalized spacial score (nSPS) is 11.5. The van der Waals surface area contributed by atoms with Crippen LogP contribution in [0.2, 0.25) is 0 Å². The zero-order chi connectivity index (χ0) is 20.1. The quantitative estimate of drug-likeness (QED) is 0.631. The predicted molar refractivity (Wildman–Crippen MR) is 112 cm³/mol. The molecular formula is C22H22N2O3S. The summed E-state index contributed by atoms with van der Waals surface area (Å²) >= 11 is 1.37. The molecule has 3 aromatic rings. The first-order chi connectivity index (χ1) is 13.5. The highest BCUT2D eigenvalue weighted by atomic mass is 32.1. The molecule has 0 radical (unpaired) electrons. The van der Waals surface area contributed by atoms with Gasteiger partial charge in [-0.1, -0.05) is 29.8 Å². The summed E-state index contributed by atoms with van der Waals surface area (Å²) in [4.78, 5) is 25.5. The van der Waals surface area contributed by atoms with E-state index in [4.69, 9.17) is 4.74 Å². The van der Waals surface area contributed by atoms with Crippen LogP contribution < -0.4 is 15.4 Å². The van der Waals surface area contributed by atoms with E-state index in [-0.39, 0.29) is 17.9 Å². The molecule has 0 saturated carbocycles. The van der Waals surface area contributed by atoms with Gasteiger partial charge in [-0.2, -0.15) is 0 Å². The molecule has 6 heteroatoms. The van der Waals surface area contributed by atoms with Crippen molar-refractivity contribution in [2.24, 2.45) is 0 Å². The fourth-order valence-corrected chi connectivity index (χ4v) is 3.51. The topological polar surface area (TPSA) is 67.4 Å². The number of aryl methyl sites for hydroxylation is 1. The number of thiophene rings is 1. The number of hydrogen-bond acceptors (Lipinski definition) is 4. The number of carbonyl (C=O) groups is 2. The monoisotopic (exact) mass is 394 g/mol. The highest BCUT2D eigenvalue weighted by Gasteiger charge is 2.16. The van der Waals surface area contributed by atoms with Gasteiger partial charge in [0.15, 0.2) is 0 Å². The number of hydrogen-bond donors (Lipinski definition) is 2. The molecular weight excluding hydrogens is 372 g/mol. The Labute approximate surface area is 168 Å². The lowest BCUT2D eigenvalue weighted by Gasteiger charge is -2.18. The molecule has 0 saturated heterocycles. The molecule has 0 fully saturated rings. The first-order valence-corrected chi connectivity index (χ1v) is 9.76. The van der Waals surface area contributed by atoms with Gasteiger partial charge in [0.25, 0.3) is 11.8 Å². The van der Waals surface area contributed by atoms with E-state index < -0.39 is 0 Å². The minimum atomic E-state index is -0.230. The van der Waals surface area contributed by atoms with Crippen LogP contribution in [0.15, 0.2) is 60.0 Å². The predicted octanol–water partition coefficient (Wildman–Crippen LogP) is 4.81. The van der Waals surface area contributed by atoms with E-state index in [0.29, 0.717) is 16.1 Å². The van der Waals surface area contributed by atoms with Crippen LogP contribution in [0.3, 0.4) is 0 Å². The Kier molecular flexibility index (Phi) is 6.11. The molecule has 1 unspecified atom stereocenters. The van der Waals surface area contributed by atoms with Crippen molar-refractivity contribution in [1.29, 1.82) is 0 Å². The van der Waals surface area contributed by atoms with Crippen molar-refractivity contribution in [3.63, 3.8) is 0 Å². The van der Waals surface area contributed by atoms with Crippen LogP contribution in [-0.2, 0) is 0 Å². The maximum atomic E-state index is 12.7. The lowest BCUT2D eigenvalue weighted by atomic mass is 10.0. The standard InChI is InChI=1S/C22H22N2O3S/c1-14-9-10-19(27-3)18(12-14)15(2)23-21(25)16-6-4-7-17(13-16)24-22(26)20-8-5-11-28-20/h4-13,15H,1-3H3,(H,23,25)(H,24,26). The molecule has 0 aliphatic heterocycles. The van der Waals surface area contributed by atoms with Crippen LogP contribution in [0, 0.1) is 6.92 Å². The number of carbonyl (C=O) groups excluding carboxylic acids is 2. The number of anilines is 1. The van der Waals surface area contributed by atoms with Gasteiger partial charge in [0.2, 0.25) is 0 Å². The number of methoxy groups -OCH3 is 1. The van der Waals surface area contributed by atoms with Crippen LogP contribution in [0.5, 0.6) is 5.75 Å². The maximum Gasteiger partial charge on any atom is 0.265 e. The van der Waals surface area contributed by atoms with Gasteiger partial charge in [-0.05, 0) is 49.6 Å². The molecule has 2 amide bonds. The van der Waals surface area contributed by atoms with Crippen molar-refractivity contribution in [2.75, 3.05) is 12.4 Å². The van der Waals surface area contributed by atoms with Gasteiger partial charge in [0, 0.05) is 16.8 Å². The summed E-state index contributed by atoms with van der Waals surface area (Å²) in [7, 11) is 1.61. The van der Waals surface area contributed by atoms with Crippen LogP contribution in [0.1, 0.15) is 44.1 Å². The van der Waals surface area contributed by atoms with E-state index >= 15 is 0 Å². The summed E-state index contributed by atoms with van der Waals surface area (Å²) in [5.41, 5.74) is 3.06. The second-order valence-electron chi connectivity index (χ2n) is 6.45. The van der Waals surface area contributed by atoms with Crippen molar-refractivity contribution in [2.45, 2.75) is 19.9 Å². The molecule has 2 N–H and O–H groups in total. The van der Waals surface area contributed by atoms with E-state index in [0.717, 1.165) is 16.9 Å². The van der Waals surface area contributed by atoms with Crippen LogP contribution in [-0.4, -0.2) is 18.9 Å². The van der Waals surface area contributed by atoms with Gasteiger partial charge in [0.05, 0.1) is 18.0 Å². The molecule has 1 heterocycles. The highest BCUT2D eigenvalue weighted by Crippen LogP contribution is 2.26. The third kappa shape index (κ3) is 4.58. The third-order valence-corrected chi connectivity index (χ3v) is 5.20. The molecule has 3 rings (SSSR count). The Morgan fingerprint density at radius 1 is 1.04 bits per heavy atom. The van der Waals surface area contributed by atoms with E-state index in [1.165, 1.54) is 11.3 Å². The molecule has 144 valence electrons. The lowest BCUT2D eigenvalue weighted by molar-refractivity contribution is 0.0938. The Morgan fingerprint density at radius 2 is 1.86 bits per heavy atom. The molecule has 0 bridgehead atoms. The summed E-state index contributed by atoms with van der Waals surface area (Å²) in [5.74, 6) is 0.323. The minimum absolute atomic E-state index is 0.189. The molecule has 2 aromatic carbocycles. The largest absolute Gasteiger partial charge is 0.496 e. The van der Waals surface area contributed by atoms with Crippen LogP contribution in [0.4, 0.5) is 5.69 Å². The van der Waals surface area contributed by atoms with Gasteiger partial charge < -0.3 is 15.4 Å². The number of amides is 2. The summed E-state index contributed by atoms with van der Waals surface area (Å²) < 4.78 is 5.41. The van der Waals surface area contributed by atoms with E-state index in [9.17, 15) is 9.59 Å². The van der Waals surface area contributed by atoms with Gasteiger partial charge in [-0.15, -0.1) is 11.3 Å². The van der Waals surface area contributed by atoms with Crippen molar-refractivity contribution in [3.05, 3.63) is 81.5 Å². The third-order valence-electron chi connectivity index (χ3n) is 4.33. The summed E-state index contributed by atoms with van der Waals surface area (Å²) in [6.07, 6.45) is 0. The minimum Gasteiger partial charge on any atom is -0.496 e. The Bertz CT molecular complexity index is 983. The number of nitrogens with one attached hydrogen (secondary N) is 2. The van der Waals surface area contributed by atoms with Crippen LogP contribution in [0.25, 0.3) is 0 Å². The van der Waals surface area contributed by atoms with Crippen molar-refractivity contribution in [1.82, 2.24) is 5.32 Å². The van der Waals surface area contributed by atoms with Crippen molar-refractivity contribution >= 4 is 28.8 Å². The molecule has 0 aliphatic rings. The lowest BCUT2D eigenvalue weighted by Crippen LogP contribution is -2.27. The fourth-order valence-electron chi connectivity index (χ4n) is 2.89. The molecule has 0 spiro atoms. The van der Waals surface area contributed by atoms with Crippen LogP contribution >= 0.6 is 11.3 Å². The van der Waals surface area contributed by atoms with Gasteiger partial charge in [-0.25, -0.2) is 0 Å². The SMILES string of the molecule is COc1ccc(C)cc1C(C)NC(=O)c1cccc(NC(=O)c2cccs2)c1. The van der Waals surface area contributed by atoms with Gasteiger partial charge in [-0.3, -0.25) is 9.59 Å². The summed E-state index contributed by atoms with van der Waals surface area (Å²) in [6, 6.07) is 16.1. The highest BCUT2D eigenvalue weighted by molar-refractivity contribution is 7.12. The summed E-state index contributed by atoms with van der Waals surface area (Å²) in [6.45, 7) is 3.91. The molecule has 5 nitrogen and oxygen atoms in total. The number of rotatable bonds is 6. The zero-order valence-electron chi connectivity index (χ0n) is 16.0. The van der Waals surface area contributed by atoms with E-state index in [1.54, 1.807) is 37.4 Å². The molecule has 28 heavy (non-hydrogen) atoms. The number of ether oxygens (including phenoxy) is 1. The molecule has 1 aromatic heterocycles. The average Bonchev–Trinajstić information content (AvgIpc) is 3.23. The maximum absolute atomic E-state index is 12.7. The van der Waals surface area contributed by atoms with Gasteiger partial charge in [0.1, 0.15) is 5.75 Å². The molecule has 0 aliphatic carbocycles. The first-order valence-electron chi connectivity index (χ1n) is 8.88. The zero-order valence-corrected chi connectivity index (χ0v) is 16.8. The van der Waals surface area contributed by atoms with Gasteiger partial charge >= 0.3 is 0 Å². The fraction of sp³-hybridized carbons (Fsp3) is 0.182. The van der Waals surface area contributed by atoms with E-state index in [1.807, 2.05) is 43.5 Å². The second-order valence-corrected chi connectivity index (χ2v) is 7.40. The Balaban J connectivity index is 1.72.